The Kier molecular flexibility index (Phi) is 5.22. The van der Waals surface area contributed by atoms with E-state index in [4.69, 9.17) is 16.3 Å². The fourth-order valence-corrected chi connectivity index (χ4v) is 3.20. The van der Waals surface area contributed by atoms with E-state index in [1.54, 1.807) is 12.1 Å². The van der Waals surface area contributed by atoms with Crippen molar-refractivity contribution in [2.75, 3.05) is 19.5 Å². The molecule has 2 aromatic rings. The number of benzene rings is 2. The van der Waals surface area contributed by atoms with Crippen LogP contribution in [0.15, 0.2) is 53.4 Å². The zero-order chi connectivity index (χ0) is 15.3. The Labute approximate surface area is 129 Å². The molecule has 0 heterocycles. The van der Waals surface area contributed by atoms with Gasteiger partial charge in [0.2, 0.25) is 10.0 Å². The number of halogens is 1. The van der Waals surface area contributed by atoms with Crippen LogP contribution in [0.1, 0.15) is 0 Å². The molecule has 2 rings (SSSR count). The van der Waals surface area contributed by atoms with Crippen molar-refractivity contribution in [1.82, 2.24) is 4.72 Å². The van der Waals surface area contributed by atoms with Crippen LogP contribution in [0, 0.1) is 0 Å². The van der Waals surface area contributed by atoms with Crippen molar-refractivity contribution < 1.29 is 13.2 Å². The van der Waals surface area contributed by atoms with Crippen LogP contribution in [0.2, 0.25) is 0 Å². The zero-order valence-corrected chi connectivity index (χ0v) is 13.1. The molecule has 21 heavy (non-hydrogen) atoms. The zero-order valence-electron chi connectivity index (χ0n) is 11.5. The molecule has 1 N–H and O–H groups in total. The normalized spacial score (nSPS) is 11.3. The Hall–Kier alpha value is -1.56. The number of hydrogen-bond acceptors (Lipinski definition) is 3. The molecule has 0 bridgehead atoms. The summed E-state index contributed by atoms with van der Waals surface area (Å²) in [6.07, 6.45) is 0. The molecule has 0 radical (unpaired) electrons. The summed E-state index contributed by atoms with van der Waals surface area (Å²) in [6.45, 7) is 0.187. The predicted molar refractivity (Wildman–Crippen MR) is 84.3 cm³/mol. The number of alkyl halides is 1. The van der Waals surface area contributed by atoms with Crippen molar-refractivity contribution in [3.63, 3.8) is 0 Å². The maximum Gasteiger partial charge on any atom is 0.240 e. The van der Waals surface area contributed by atoms with Gasteiger partial charge in [-0.2, -0.15) is 0 Å². The van der Waals surface area contributed by atoms with E-state index in [1.807, 2.05) is 30.3 Å². The standard InChI is InChI=1S/C15H16ClNO3S/c1-20-15-11-13(21(18,19)17-10-9-16)7-8-14(15)12-5-3-2-4-6-12/h2-8,11,17H,9-10H2,1H3. The molecule has 0 aliphatic heterocycles. The summed E-state index contributed by atoms with van der Waals surface area (Å²) in [7, 11) is -2.05. The second kappa shape index (κ2) is 6.93. The monoisotopic (exact) mass is 325 g/mol. The van der Waals surface area contributed by atoms with Gasteiger partial charge in [0.25, 0.3) is 0 Å². The molecule has 0 fully saturated rings. The van der Waals surface area contributed by atoms with Crippen molar-refractivity contribution in [2.45, 2.75) is 4.90 Å². The Balaban J connectivity index is 2.42. The van der Waals surface area contributed by atoms with E-state index in [0.29, 0.717) is 5.75 Å². The molecule has 0 aromatic heterocycles. The first-order valence-electron chi connectivity index (χ1n) is 6.37. The summed E-state index contributed by atoms with van der Waals surface area (Å²) in [5.74, 6) is 0.730. The van der Waals surface area contributed by atoms with Crippen LogP contribution >= 0.6 is 11.6 Å². The van der Waals surface area contributed by atoms with Gasteiger partial charge in [-0.1, -0.05) is 30.3 Å². The molecule has 0 saturated heterocycles. The predicted octanol–water partition coefficient (Wildman–Crippen LogP) is 2.88. The van der Waals surface area contributed by atoms with Gasteiger partial charge in [0.15, 0.2) is 0 Å². The molecule has 0 saturated carbocycles. The lowest BCUT2D eigenvalue weighted by Gasteiger charge is -2.11. The lowest BCUT2D eigenvalue weighted by atomic mass is 10.1. The number of ether oxygens (including phenoxy) is 1. The van der Waals surface area contributed by atoms with E-state index in [0.717, 1.165) is 11.1 Å². The number of methoxy groups -OCH3 is 1. The van der Waals surface area contributed by atoms with E-state index in [1.165, 1.54) is 13.2 Å². The van der Waals surface area contributed by atoms with Crippen LogP contribution in [-0.2, 0) is 10.0 Å². The maximum atomic E-state index is 12.1. The molecule has 0 unspecified atom stereocenters. The molecule has 0 amide bonds. The molecule has 0 aliphatic rings. The fraction of sp³-hybridized carbons (Fsp3) is 0.200. The van der Waals surface area contributed by atoms with E-state index < -0.39 is 10.0 Å². The van der Waals surface area contributed by atoms with Gasteiger partial charge in [0, 0.05) is 24.1 Å². The van der Waals surface area contributed by atoms with Crippen molar-refractivity contribution in [3.8, 4) is 16.9 Å². The summed E-state index contributed by atoms with van der Waals surface area (Å²) < 4.78 is 31.9. The summed E-state index contributed by atoms with van der Waals surface area (Å²) in [5, 5.41) is 0. The Morgan fingerprint density at radius 2 is 1.86 bits per heavy atom. The lowest BCUT2D eigenvalue weighted by molar-refractivity contribution is 0.415. The van der Waals surface area contributed by atoms with Gasteiger partial charge in [-0.05, 0) is 17.7 Å². The molecule has 6 heteroatoms. The second-order valence-electron chi connectivity index (χ2n) is 4.31. The first kappa shape index (κ1) is 15.8. The van der Waals surface area contributed by atoms with Gasteiger partial charge < -0.3 is 4.74 Å². The third-order valence-electron chi connectivity index (χ3n) is 2.95. The molecule has 4 nitrogen and oxygen atoms in total. The highest BCUT2D eigenvalue weighted by atomic mass is 35.5. The Morgan fingerprint density at radius 3 is 2.48 bits per heavy atom. The molecule has 2 aromatic carbocycles. The van der Waals surface area contributed by atoms with Gasteiger partial charge in [0.1, 0.15) is 5.75 Å². The maximum absolute atomic E-state index is 12.1. The van der Waals surface area contributed by atoms with Crippen LogP contribution in [0.4, 0.5) is 0 Å². The Morgan fingerprint density at radius 1 is 1.14 bits per heavy atom. The molecule has 0 aliphatic carbocycles. The van der Waals surface area contributed by atoms with Gasteiger partial charge in [-0.25, -0.2) is 13.1 Å². The van der Waals surface area contributed by atoms with Crippen molar-refractivity contribution in [2.24, 2.45) is 0 Å². The van der Waals surface area contributed by atoms with Gasteiger partial charge >= 0.3 is 0 Å². The van der Waals surface area contributed by atoms with Gasteiger partial charge in [-0.3, -0.25) is 0 Å². The smallest absolute Gasteiger partial charge is 0.240 e. The highest BCUT2D eigenvalue weighted by molar-refractivity contribution is 7.89. The molecule has 112 valence electrons. The first-order valence-corrected chi connectivity index (χ1v) is 8.39. The number of sulfonamides is 1. The van der Waals surface area contributed by atoms with E-state index >= 15 is 0 Å². The van der Waals surface area contributed by atoms with Crippen molar-refractivity contribution >= 4 is 21.6 Å². The number of nitrogens with one attached hydrogen (secondary N) is 1. The van der Waals surface area contributed by atoms with Gasteiger partial charge in [-0.15, -0.1) is 11.6 Å². The highest BCUT2D eigenvalue weighted by Gasteiger charge is 2.16. The molecular formula is C15H16ClNO3S. The summed E-state index contributed by atoms with van der Waals surface area (Å²) in [4.78, 5) is 0.157. The minimum atomic E-state index is -3.57. The summed E-state index contributed by atoms with van der Waals surface area (Å²) >= 11 is 5.51. The van der Waals surface area contributed by atoms with Crippen LogP contribution in [-0.4, -0.2) is 28.0 Å². The quantitative estimate of drug-likeness (QED) is 0.831. The summed E-state index contributed by atoms with van der Waals surface area (Å²) in [6, 6.07) is 14.5. The largest absolute Gasteiger partial charge is 0.496 e. The molecular weight excluding hydrogens is 310 g/mol. The van der Waals surface area contributed by atoms with Crippen molar-refractivity contribution in [1.29, 1.82) is 0 Å². The van der Waals surface area contributed by atoms with E-state index in [2.05, 4.69) is 4.72 Å². The average Bonchev–Trinajstić information content (AvgIpc) is 2.53. The van der Waals surface area contributed by atoms with Crippen LogP contribution in [0.3, 0.4) is 0 Å². The third-order valence-corrected chi connectivity index (χ3v) is 4.60. The van der Waals surface area contributed by atoms with Crippen LogP contribution in [0.5, 0.6) is 5.75 Å². The van der Waals surface area contributed by atoms with Crippen LogP contribution < -0.4 is 9.46 Å². The highest BCUT2D eigenvalue weighted by Crippen LogP contribution is 2.31. The average molecular weight is 326 g/mol. The topological polar surface area (TPSA) is 55.4 Å². The first-order chi connectivity index (χ1) is 10.1. The van der Waals surface area contributed by atoms with E-state index in [-0.39, 0.29) is 17.3 Å². The van der Waals surface area contributed by atoms with Crippen molar-refractivity contribution in [3.05, 3.63) is 48.5 Å². The van der Waals surface area contributed by atoms with E-state index in [9.17, 15) is 8.42 Å². The molecule has 0 atom stereocenters. The summed E-state index contributed by atoms with van der Waals surface area (Å²) in [5.41, 5.74) is 1.81. The second-order valence-corrected chi connectivity index (χ2v) is 6.46. The Bertz CT molecular complexity index is 702. The SMILES string of the molecule is COc1cc(S(=O)(=O)NCCCl)ccc1-c1ccccc1. The third kappa shape index (κ3) is 3.75. The van der Waals surface area contributed by atoms with Gasteiger partial charge in [0.05, 0.1) is 12.0 Å². The minimum absolute atomic E-state index is 0.157. The number of hydrogen-bond donors (Lipinski definition) is 1. The molecule has 0 spiro atoms. The van der Waals surface area contributed by atoms with Crippen LogP contribution in [0.25, 0.3) is 11.1 Å². The number of rotatable bonds is 6. The minimum Gasteiger partial charge on any atom is -0.496 e. The lowest BCUT2D eigenvalue weighted by Crippen LogP contribution is -2.25. The fourth-order valence-electron chi connectivity index (χ4n) is 1.95.